The van der Waals surface area contributed by atoms with E-state index in [0.29, 0.717) is 4.47 Å². The Morgan fingerprint density at radius 2 is 2.08 bits per heavy atom. The van der Waals surface area contributed by atoms with Crippen molar-refractivity contribution in [1.82, 2.24) is 0 Å². The largest absolute Gasteiger partial charge is 0.478 e. The van der Waals surface area contributed by atoms with Gasteiger partial charge in [0.2, 0.25) is 0 Å². The Bertz CT molecular complexity index is 355. The standard InChI is InChI=1S/C7H2Br2FIO2/c8-2-1-3(11)6(10)4(5(2)9)7(12)13/h1H,(H,12,13). The van der Waals surface area contributed by atoms with Crippen LogP contribution < -0.4 is 0 Å². The third kappa shape index (κ3) is 2.21. The summed E-state index contributed by atoms with van der Waals surface area (Å²) in [5.74, 6) is -2.01. The van der Waals surface area contributed by atoms with E-state index in [1.165, 1.54) is 6.07 Å². The highest BCUT2D eigenvalue weighted by molar-refractivity contribution is 14.1. The molecule has 1 N–H and O–H groups in total. The van der Waals surface area contributed by atoms with Crippen LogP contribution in [0.2, 0.25) is 0 Å². The smallest absolute Gasteiger partial charge is 0.339 e. The fourth-order valence-corrected chi connectivity index (χ4v) is 2.66. The molecule has 6 heteroatoms. The summed E-state index contributed by atoms with van der Waals surface area (Å²) >= 11 is 7.85. The maximum atomic E-state index is 13.3. The number of carboxylic acid groups (broad SMARTS) is 1. The Kier molecular flexibility index (Phi) is 3.70. The Morgan fingerprint density at radius 3 is 2.54 bits per heavy atom. The van der Waals surface area contributed by atoms with E-state index in [-0.39, 0.29) is 13.6 Å². The van der Waals surface area contributed by atoms with E-state index in [4.69, 9.17) is 5.11 Å². The van der Waals surface area contributed by atoms with E-state index in [1.807, 2.05) is 0 Å². The summed E-state index contributed by atoms with van der Waals surface area (Å²) in [4.78, 5) is 10.7. The lowest BCUT2D eigenvalue weighted by molar-refractivity contribution is 0.0690. The van der Waals surface area contributed by atoms with E-state index in [1.54, 1.807) is 22.6 Å². The zero-order valence-electron chi connectivity index (χ0n) is 5.94. The molecular formula is C7H2Br2FIO2. The molecule has 0 fully saturated rings. The van der Waals surface area contributed by atoms with Gasteiger partial charge in [-0.25, -0.2) is 9.18 Å². The lowest BCUT2D eigenvalue weighted by Crippen LogP contribution is -2.04. The summed E-state index contributed by atoms with van der Waals surface area (Å²) in [5.41, 5.74) is -0.348. The molecule has 0 bridgehead atoms. The molecule has 0 unspecified atom stereocenters. The van der Waals surface area contributed by atoms with Gasteiger partial charge in [-0.3, -0.25) is 0 Å². The molecule has 0 aliphatic rings. The number of carbonyl (C=O) groups is 1. The summed E-state index contributed by atoms with van der Waals surface area (Å²) in [6.07, 6.45) is 0. The van der Waals surface area contributed by atoms with Crippen LogP contribution in [0.3, 0.4) is 0 Å². The second-order valence-electron chi connectivity index (χ2n) is 2.15. The summed E-state index contributed by atoms with van der Waals surface area (Å²) < 4.78 is 14.3. The predicted octanol–water partition coefficient (Wildman–Crippen LogP) is 3.65. The molecule has 70 valence electrons. The molecule has 0 amide bonds. The van der Waals surface area contributed by atoms with Gasteiger partial charge in [-0.1, -0.05) is 0 Å². The average molecular weight is 424 g/mol. The van der Waals surface area contributed by atoms with Crippen LogP contribution >= 0.6 is 54.5 Å². The Balaban J connectivity index is 3.56. The normalized spacial score (nSPS) is 10.2. The second kappa shape index (κ2) is 4.22. The minimum Gasteiger partial charge on any atom is -0.478 e. The van der Waals surface area contributed by atoms with Crippen LogP contribution in [0, 0.1) is 9.39 Å². The molecule has 0 aliphatic heterocycles. The van der Waals surface area contributed by atoms with E-state index in [0.717, 1.165) is 0 Å². The summed E-state index contributed by atoms with van der Waals surface area (Å²) in [5, 5.41) is 8.70. The first-order valence-electron chi connectivity index (χ1n) is 3.01. The van der Waals surface area contributed by atoms with Crippen LogP contribution in [0.4, 0.5) is 4.39 Å². The van der Waals surface area contributed by atoms with Gasteiger partial charge in [-0.05, 0) is 60.5 Å². The van der Waals surface area contributed by atoms with Gasteiger partial charge in [0.05, 0.1) is 3.57 Å². The molecule has 2 nitrogen and oxygen atoms in total. The molecule has 0 spiro atoms. The van der Waals surface area contributed by atoms with Gasteiger partial charge in [0.1, 0.15) is 5.56 Å². The van der Waals surface area contributed by atoms with Crippen molar-refractivity contribution in [3.8, 4) is 0 Å². The first-order chi connectivity index (χ1) is 5.95. The van der Waals surface area contributed by atoms with Crippen molar-refractivity contribution >= 4 is 60.4 Å². The molecule has 0 saturated carbocycles. The Morgan fingerprint density at radius 1 is 1.54 bits per heavy atom. The van der Waals surface area contributed by atoms with Crippen molar-refractivity contribution in [2.75, 3.05) is 0 Å². The number of rotatable bonds is 1. The van der Waals surface area contributed by atoms with Gasteiger partial charge in [0, 0.05) is 8.95 Å². The zero-order valence-corrected chi connectivity index (χ0v) is 11.3. The van der Waals surface area contributed by atoms with E-state index >= 15 is 0 Å². The number of hydrogen-bond acceptors (Lipinski definition) is 1. The van der Waals surface area contributed by atoms with Crippen molar-refractivity contribution in [2.24, 2.45) is 0 Å². The van der Waals surface area contributed by atoms with Crippen molar-refractivity contribution < 1.29 is 14.3 Å². The Labute approximate surface area is 104 Å². The summed E-state index contributed by atoms with van der Waals surface area (Å²) in [6, 6.07) is 1.51. The molecule has 1 rings (SSSR count). The molecule has 13 heavy (non-hydrogen) atoms. The summed E-state index contributed by atoms with van der Waals surface area (Å²) in [7, 11) is 0. The first kappa shape index (κ1) is 11.4. The van der Waals surface area contributed by atoms with Gasteiger partial charge >= 0.3 is 5.97 Å². The predicted molar refractivity (Wildman–Crippen MR) is 61.5 cm³/mol. The molecule has 0 aromatic heterocycles. The topological polar surface area (TPSA) is 37.3 Å². The third-order valence-corrected chi connectivity index (χ3v) is 4.09. The lowest BCUT2D eigenvalue weighted by atomic mass is 10.2. The van der Waals surface area contributed by atoms with Crippen LogP contribution in [-0.4, -0.2) is 11.1 Å². The van der Waals surface area contributed by atoms with Crippen LogP contribution in [-0.2, 0) is 0 Å². The minimum atomic E-state index is -1.29. The van der Waals surface area contributed by atoms with Crippen LogP contribution in [0.5, 0.6) is 0 Å². The van der Waals surface area contributed by atoms with E-state index in [9.17, 15) is 9.18 Å². The van der Waals surface area contributed by atoms with Crippen molar-refractivity contribution in [2.45, 2.75) is 0 Å². The number of halogens is 4. The zero-order chi connectivity index (χ0) is 10.2. The minimum absolute atomic E-state index is 0.220. The number of carboxylic acids is 1. The third-order valence-electron chi connectivity index (χ3n) is 1.33. The molecule has 0 heterocycles. The van der Waals surface area contributed by atoms with Gasteiger partial charge in [0.15, 0.2) is 5.82 Å². The molecular weight excluding hydrogens is 422 g/mol. The number of benzene rings is 1. The molecule has 0 atom stereocenters. The van der Waals surface area contributed by atoms with E-state index < -0.39 is 11.8 Å². The lowest BCUT2D eigenvalue weighted by Gasteiger charge is -2.04. The number of aromatic carboxylic acids is 1. The van der Waals surface area contributed by atoms with Crippen molar-refractivity contribution in [1.29, 1.82) is 0 Å². The van der Waals surface area contributed by atoms with Gasteiger partial charge < -0.3 is 5.11 Å². The van der Waals surface area contributed by atoms with Gasteiger partial charge in [-0.2, -0.15) is 0 Å². The molecule has 0 radical (unpaired) electrons. The highest BCUT2D eigenvalue weighted by atomic mass is 127. The fourth-order valence-electron chi connectivity index (χ4n) is 0.761. The average Bonchev–Trinajstić information content (AvgIpc) is 2.01. The molecule has 1 aromatic carbocycles. The maximum Gasteiger partial charge on any atom is 0.339 e. The quantitative estimate of drug-likeness (QED) is 0.553. The fraction of sp³-hybridized carbons (Fsp3) is 0. The molecule has 0 saturated heterocycles. The van der Waals surface area contributed by atoms with Gasteiger partial charge in [-0.15, -0.1) is 0 Å². The molecule has 0 aliphatic carbocycles. The SMILES string of the molecule is O=C(O)c1c(F)c(I)cc(Br)c1Br. The Hall–Kier alpha value is 0.310. The van der Waals surface area contributed by atoms with Gasteiger partial charge in [0.25, 0.3) is 0 Å². The highest BCUT2D eigenvalue weighted by Gasteiger charge is 2.19. The molecule has 1 aromatic rings. The monoisotopic (exact) mass is 422 g/mol. The number of hydrogen-bond donors (Lipinski definition) is 1. The van der Waals surface area contributed by atoms with Crippen LogP contribution in [0.25, 0.3) is 0 Å². The van der Waals surface area contributed by atoms with Crippen LogP contribution in [0.15, 0.2) is 15.0 Å². The summed E-state index contributed by atoms with van der Waals surface area (Å²) in [6.45, 7) is 0. The second-order valence-corrected chi connectivity index (χ2v) is 4.96. The van der Waals surface area contributed by atoms with E-state index in [2.05, 4.69) is 31.9 Å². The highest BCUT2D eigenvalue weighted by Crippen LogP contribution is 2.31. The van der Waals surface area contributed by atoms with Crippen molar-refractivity contribution in [3.63, 3.8) is 0 Å². The van der Waals surface area contributed by atoms with Crippen molar-refractivity contribution in [3.05, 3.63) is 30.0 Å². The van der Waals surface area contributed by atoms with Crippen LogP contribution in [0.1, 0.15) is 10.4 Å². The first-order valence-corrected chi connectivity index (χ1v) is 5.68. The maximum absolute atomic E-state index is 13.3.